The van der Waals surface area contributed by atoms with Gasteiger partial charge in [-0.15, -0.1) is 0 Å². The lowest BCUT2D eigenvalue weighted by molar-refractivity contribution is 0.0180. The second kappa shape index (κ2) is 7.34. The molecule has 1 aliphatic rings. The van der Waals surface area contributed by atoms with E-state index in [0.29, 0.717) is 6.10 Å². The fraction of sp³-hybridized carbons (Fsp3) is 1.00. The summed E-state index contributed by atoms with van der Waals surface area (Å²) < 4.78 is 5.35. The summed E-state index contributed by atoms with van der Waals surface area (Å²) in [6.45, 7) is 6.56. The van der Waals surface area contributed by atoms with Crippen LogP contribution in [0, 0.1) is 11.8 Å². The number of methoxy groups -OCH3 is 1. The van der Waals surface area contributed by atoms with E-state index in [0.717, 1.165) is 11.8 Å². The summed E-state index contributed by atoms with van der Waals surface area (Å²) >= 11 is 0. The van der Waals surface area contributed by atoms with Crippen molar-refractivity contribution in [3.8, 4) is 0 Å². The molecule has 0 radical (unpaired) electrons. The highest BCUT2D eigenvalue weighted by atomic mass is 16.5. The van der Waals surface area contributed by atoms with Crippen molar-refractivity contribution >= 4 is 0 Å². The predicted molar refractivity (Wildman–Crippen MR) is 55.7 cm³/mol. The summed E-state index contributed by atoms with van der Waals surface area (Å²) in [6.07, 6.45) is 4.50. The fourth-order valence-electron chi connectivity index (χ4n) is 1.99. The van der Waals surface area contributed by atoms with Crippen LogP contribution in [0.25, 0.3) is 0 Å². The second-order valence-corrected chi connectivity index (χ2v) is 3.99. The number of ether oxygens (including phenoxy) is 1. The normalized spacial score (nSPS) is 33.5. The molecule has 3 unspecified atom stereocenters. The summed E-state index contributed by atoms with van der Waals surface area (Å²) in [5.74, 6) is 1.69. The van der Waals surface area contributed by atoms with E-state index < -0.39 is 0 Å². The Hall–Kier alpha value is -0.0800. The smallest absolute Gasteiger partial charge is 0.0597 e. The van der Waals surface area contributed by atoms with Crippen molar-refractivity contribution in [1.82, 2.24) is 0 Å². The standard InChI is InChI=1S/C9H18O.C2H6O/c1-7-4-5-9(10-3)8(2)6-7;1-2-3/h7-9H,4-6H2,1-3H3;3H,2H2,1H3. The number of hydrogen-bond acceptors (Lipinski definition) is 2. The average Bonchev–Trinajstić information content (AvgIpc) is 2.06. The van der Waals surface area contributed by atoms with Gasteiger partial charge in [0.25, 0.3) is 0 Å². The summed E-state index contributed by atoms with van der Waals surface area (Å²) in [7, 11) is 1.83. The van der Waals surface area contributed by atoms with Gasteiger partial charge in [0.05, 0.1) is 6.10 Å². The van der Waals surface area contributed by atoms with Gasteiger partial charge in [-0.25, -0.2) is 0 Å². The molecule has 0 amide bonds. The molecule has 0 aliphatic heterocycles. The zero-order valence-corrected chi connectivity index (χ0v) is 9.42. The molecule has 13 heavy (non-hydrogen) atoms. The van der Waals surface area contributed by atoms with Crippen LogP contribution >= 0.6 is 0 Å². The summed E-state index contributed by atoms with van der Waals surface area (Å²) in [4.78, 5) is 0. The van der Waals surface area contributed by atoms with Gasteiger partial charge in [-0.3, -0.25) is 0 Å². The Morgan fingerprint density at radius 2 is 1.85 bits per heavy atom. The third kappa shape index (κ3) is 5.27. The molecule has 2 heteroatoms. The van der Waals surface area contributed by atoms with E-state index in [1.54, 1.807) is 6.92 Å². The van der Waals surface area contributed by atoms with Gasteiger partial charge in [0.2, 0.25) is 0 Å². The van der Waals surface area contributed by atoms with Crippen LogP contribution in [0.4, 0.5) is 0 Å². The van der Waals surface area contributed by atoms with Crippen LogP contribution in [0.1, 0.15) is 40.0 Å². The van der Waals surface area contributed by atoms with Crippen LogP contribution in [-0.2, 0) is 4.74 Å². The first kappa shape index (κ1) is 12.9. The van der Waals surface area contributed by atoms with Gasteiger partial charge in [0.1, 0.15) is 0 Å². The van der Waals surface area contributed by atoms with Gasteiger partial charge in [0, 0.05) is 13.7 Å². The quantitative estimate of drug-likeness (QED) is 0.685. The Labute approximate surface area is 82.3 Å². The minimum atomic E-state index is 0.250. The van der Waals surface area contributed by atoms with E-state index in [4.69, 9.17) is 9.84 Å². The molecule has 0 saturated heterocycles. The highest BCUT2D eigenvalue weighted by Crippen LogP contribution is 2.29. The molecule has 1 rings (SSSR count). The van der Waals surface area contributed by atoms with Crippen LogP contribution in [-0.4, -0.2) is 24.9 Å². The molecule has 1 N–H and O–H groups in total. The van der Waals surface area contributed by atoms with E-state index in [-0.39, 0.29) is 6.61 Å². The van der Waals surface area contributed by atoms with E-state index in [2.05, 4.69) is 13.8 Å². The maximum absolute atomic E-state index is 7.57. The molecular formula is C11H24O2. The topological polar surface area (TPSA) is 29.5 Å². The average molecular weight is 188 g/mol. The third-order valence-electron chi connectivity index (χ3n) is 2.66. The van der Waals surface area contributed by atoms with E-state index in [1.165, 1.54) is 19.3 Å². The van der Waals surface area contributed by atoms with Gasteiger partial charge >= 0.3 is 0 Å². The van der Waals surface area contributed by atoms with Gasteiger partial charge in [0.15, 0.2) is 0 Å². The van der Waals surface area contributed by atoms with Crippen molar-refractivity contribution in [2.45, 2.75) is 46.1 Å². The molecule has 1 fully saturated rings. The number of hydrogen-bond donors (Lipinski definition) is 1. The first-order valence-electron chi connectivity index (χ1n) is 5.29. The van der Waals surface area contributed by atoms with E-state index >= 15 is 0 Å². The molecule has 0 spiro atoms. The summed E-state index contributed by atoms with van der Waals surface area (Å²) in [5, 5.41) is 7.57. The summed E-state index contributed by atoms with van der Waals surface area (Å²) in [5.41, 5.74) is 0. The van der Waals surface area contributed by atoms with Crippen LogP contribution in [0.5, 0.6) is 0 Å². The van der Waals surface area contributed by atoms with Crippen molar-refractivity contribution in [2.75, 3.05) is 13.7 Å². The van der Waals surface area contributed by atoms with E-state index in [1.807, 2.05) is 7.11 Å². The Morgan fingerprint density at radius 3 is 2.23 bits per heavy atom. The van der Waals surface area contributed by atoms with Crippen LogP contribution in [0.3, 0.4) is 0 Å². The minimum Gasteiger partial charge on any atom is -0.397 e. The zero-order valence-electron chi connectivity index (χ0n) is 9.42. The van der Waals surface area contributed by atoms with Gasteiger partial charge in [-0.2, -0.15) is 0 Å². The first-order chi connectivity index (χ1) is 6.15. The molecule has 1 aliphatic carbocycles. The van der Waals surface area contributed by atoms with Crippen LogP contribution in [0.15, 0.2) is 0 Å². The largest absolute Gasteiger partial charge is 0.397 e. The predicted octanol–water partition coefficient (Wildman–Crippen LogP) is 2.46. The molecule has 80 valence electrons. The Balaban J connectivity index is 0.000000424. The van der Waals surface area contributed by atoms with Gasteiger partial charge in [-0.05, 0) is 38.0 Å². The number of aliphatic hydroxyl groups excluding tert-OH is 1. The van der Waals surface area contributed by atoms with Crippen molar-refractivity contribution in [3.05, 3.63) is 0 Å². The molecule has 0 heterocycles. The Bertz CT molecular complexity index is 115. The van der Waals surface area contributed by atoms with Crippen molar-refractivity contribution < 1.29 is 9.84 Å². The lowest BCUT2D eigenvalue weighted by Gasteiger charge is -2.31. The molecule has 0 aromatic heterocycles. The molecule has 0 bridgehead atoms. The van der Waals surface area contributed by atoms with Crippen molar-refractivity contribution in [3.63, 3.8) is 0 Å². The summed E-state index contributed by atoms with van der Waals surface area (Å²) in [6, 6.07) is 0. The SMILES string of the molecule is CCO.COC1CCC(C)CC1C. The monoisotopic (exact) mass is 188 g/mol. The second-order valence-electron chi connectivity index (χ2n) is 3.99. The first-order valence-corrected chi connectivity index (χ1v) is 5.29. The van der Waals surface area contributed by atoms with Crippen molar-refractivity contribution in [1.29, 1.82) is 0 Å². The maximum atomic E-state index is 7.57. The Kier molecular flexibility index (Phi) is 7.29. The highest BCUT2D eigenvalue weighted by molar-refractivity contribution is 4.75. The third-order valence-corrected chi connectivity index (χ3v) is 2.66. The number of rotatable bonds is 1. The molecular weight excluding hydrogens is 164 g/mol. The van der Waals surface area contributed by atoms with Crippen LogP contribution in [0.2, 0.25) is 0 Å². The maximum Gasteiger partial charge on any atom is 0.0597 e. The molecule has 0 aromatic rings. The van der Waals surface area contributed by atoms with Crippen LogP contribution < -0.4 is 0 Å². The Morgan fingerprint density at radius 1 is 1.31 bits per heavy atom. The molecule has 2 nitrogen and oxygen atoms in total. The van der Waals surface area contributed by atoms with Gasteiger partial charge in [-0.1, -0.05) is 13.8 Å². The zero-order chi connectivity index (χ0) is 10.3. The molecule has 0 aromatic carbocycles. The van der Waals surface area contributed by atoms with E-state index in [9.17, 15) is 0 Å². The van der Waals surface area contributed by atoms with Gasteiger partial charge < -0.3 is 9.84 Å². The minimum absolute atomic E-state index is 0.250. The lowest BCUT2D eigenvalue weighted by atomic mass is 9.81. The fourth-order valence-corrected chi connectivity index (χ4v) is 1.99. The molecule has 3 atom stereocenters. The lowest BCUT2D eigenvalue weighted by Crippen LogP contribution is -2.27. The molecule has 1 saturated carbocycles. The van der Waals surface area contributed by atoms with Crippen molar-refractivity contribution in [2.24, 2.45) is 11.8 Å². The number of aliphatic hydroxyl groups is 1. The highest BCUT2D eigenvalue weighted by Gasteiger charge is 2.24.